The predicted molar refractivity (Wildman–Crippen MR) is 53.9 cm³/mol. The number of alkyl halides is 1. The first-order valence-electron chi connectivity index (χ1n) is 4.85. The van der Waals surface area contributed by atoms with Gasteiger partial charge in [-0.3, -0.25) is 9.63 Å². The van der Waals surface area contributed by atoms with E-state index in [0.717, 1.165) is 19.4 Å². The maximum atomic E-state index is 11.6. The van der Waals surface area contributed by atoms with Crippen LogP contribution in [-0.4, -0.2) is 42.2 Å². The van der Waals surface area contributed by atoms with Gasteiger partial charge in [0.1, 0.15) is 12.0 Å². The lowest BCUT2D eigenvalue weighted by Crippen LogP contribution is -2.34. The number of ether oxygens (including phenoxy) is 1. The number of hydrogen-bond acceptors (Lipinski definition) is 4. The third kappa shape index (κ3) is 1.57. The average Bonchev–Trinajstić information content (AvgIpc) is 2.74. The van der Waals surface area contributed by atoms with Crippen molar-refractivity contribution in [3.05, 3.63) is 0 Å². The van der Waals surface area contributed by atoms with Crippen LogP contribution in [-0.2, 0) is 14.4 Å². The normalized spacial score (nSPS) is 37.1. The first-order chi connectivity index (χ1) is 6.77. The van der Waals surface area contributed by atoms with Crippen LogP contribution in [0.4, 0.5) is 0 Å². The van der Waals surface area contributed by atoms with Crippen molar-refractivity contribution < 1.29 is 14.4 Å². The van der Waals surface area contributed by atoms with Crippen molar-refractivity contribution in [3.63, 3.8) is 0 Å². The van der Waals surface area contributed by atoms with Crippen molar-refractivity contribution in [1.82, 2.24) is 5.06 Å². The number of rotatable bonds is 2. The highest BCUT2D eigenvalue weighted by Gasteiger charge is 2.49. The second-order valence-electron chi connectivity index (χ2n) is 3.70. The SMILES string of the molecule is COC(=O)[C@H]1[C@H]2CCCN2O[C@@H]1CBr. The van der Waals surface area contributed by atoms with Gasteiger partial charge in [-0.2, -0.15) is 5.06 Å². The van der Waals surface area contributed by atoms with Gasteiger partial charge >= 0.3 is 5.97 Å². The van der Waals surface area contributed by atoms with Crippen LogP contribution in [0.15, 0.2) is 0 Å². The van der Waals surface area contributed by atoms with E-state index >= 15 is 0 Å². The molecule has 14 heavy (non-hydrogen) atoms. The van der Waals surface area contributed by atoms with Crippen molar-refractivity contribution in [2.75, 3.05) is 19.0 Å². The average molecular weight is 264 g/mol. The minimum Gasteiger partial charge on any atom is -0.469 e. The molecule has 3 atom stereocenters. The molecular weight excluding hydrogens is 250 g/mol. The maximum Gasteiger partial charge on any atom is 0.313 e. The monoisotopic (exact) mass is 263 g/mol. The van der Waals surface area contributed by atoms with Crippen molar-refractivity contribution in [1.29, 1.82) is 0 Å². The van der Waals surface area contributed by atoms with Gasteiger partial charge in [-0.1, -0.05) is 15.9 Å². The molecule has 2 heterocycles. The van der Waals surface area contributed by atoms with Gasteiger partial charge in [0.05, 0.1) is 13.2 Å². The molecule has 0 spiro atoms. The Morgan fingerprint density at radius 1 is 1.71 bits per heavy atom. The molecule has 0 N–H and O–H groups in total. The number of nitrogens with zero attached hydrogens (tertiary/aromatic N) is 1. The van der Waals surface area contributed by atoms with Gasteiger partial charge in [0, 0.05) is 11.9 Å². The molecular formula is C9H14BrNO3. The number of fused-ring (bicyclic) bond motifs is 1. The van der Waals surface area contributed by atoms with Gasteiger partial charge in [0.25, 0.3) is 0 Å². The number of hydroxylamine groups is 2. The molecule has 0 aromatic rings. The quantitative estimate of drug-likeness (QED) is 0.550. The smallest absolute Gasteiger partial charge is 0.313 e. The van der Waals surface area contributed by atoms with E-state index in [1.54, 1.807) is 0 Å². The molecule has 0 amide bonds. The second-order valence-corrected chi connectivity index (χ2v) is 4.34. The fourth-order valence-electron chi connectivity index (χ4n) is 2.31. The van der Waals surface area contributed by atoms with E-state index < -0.39 is 0 Å². The number of carbonyl (C=O) groups excluding carboxylic acids is 1. The maximum absolute atomic E-state index is 11.6. The third-order valence-electron chi connectivity index (χ3n) is 2.96. The lowest BCUT2D eigenvalue weighted by Gasteiger charge is -2.16. The second kappa shape index (κ2) is 4.16. The van der Waals surface area contributed by atoms with Crippen LogP contribution in [0.25, 0.3) is 0 Å². The Morgan fingerprint density at radius 2 is 2.50 bits per heavy atom. The molecule has 0 saturated carbocycles. The number of carbonyl (C=O) groups is 1. The van der Waals surface area contributed by atoms with Crippen LogP contribution < -0.4 is 0 Å². The Kier molecular flexibility index (Phi) is 3.09. The molecule has 80 valence electrons. The number of methoxy groups -OCH3 is 1. The van der Waals surface area contributed by atoms with E-state index in [1.165, 1.54) is 7.11 Å². The summed E-state index contributed by atoms with van der Waals surface area (Å²) in [5.41, 5.74) is 0. The van der Waals surface area contributed by atoms with E-state index in [1.807, 2.05) is 5.06 Å². The Morgan fingerprint density at radius 3 is 3.14 bits per heavy atom. The summed E-state index contributed by atoms with van der Waals surface area (Å²) in [6.07, 6.45) is 2.07. The van der Waals surface area contributed by atoms with E-state index in [-0.39, 0.29) is 24.0 Å². The highest BCUT2D eigenvalue weighted by Crippen LogP contribution is 2.36. The predicted octanol–water partition coefficient (Wildman–Crippen LogP) is 0.949. The van der Waals surface area contributed by atoms with Crippen LogP contribution in [0.2, 0.25) is 0 Å². The van der Waals surface area contributed by atoms with E-state index in [0.29, 0.717) is 5.33 Å². The van der Waals surface area contributed by atoms with Gasteiger partial charge in [-0.25, -0.2) is 0 Å². The number of halogens is 1. The lowest BCUT2D eigenvalue weighted by atomic mass is 9.94. The zero-order valence-corrected chi connectivity index (χ0v) is 9.70. The van der Waals surface area contributed by atoms with Gasteiger partial charge in [0.15, 0.2) is 0 Å². The molecule has 0 bridgehead atoms. The molecule has 2 rings (SSSR count). The summed E-state index contributed by atoms with van der Waals surface area (Å²) in [5, 5.41) is 2.62. The molecule has 5 heteroatoms. The molecule has 0 unspecified atom stereocenters. The zero-order chi connectivity index (χ0) is 10.1. The summed E-state index contributed by atoms with van der Waals surface area (Å²) in [4.78, 5) is 17.2. The molecule has 0 aromatic carbocycles. The summed E-state index contributed by atoms with van der Waals surface area (Å²) in [6.45, 7) is 0.932. The minimum absolute atomic E-state index is 0.0623. The highest BCUT2D eigenvalue weighted by molar-refractivity contribution is 9.09. The largest absolute Gasteiger partial charge is 0.469 e. The zero-order valence-electron chi connectivity index (χ0n) is 8.11. The minimum atomic E-state index is -0.149. The van der Waals surface area contributed by atoms with E-state index in [2.05, 4.69) is 15.9 Å². The number of hydrogen-bond donors (Lipinski definition) is 0. The van der Waals surface area contributed by atoms with Crippen LogP contribution in [0.5, 0.6) is 0 Å². The van der Waals surface area contributed by atoms with E-state index in [4.69, 9.17) is 9.57 Å². The van der Waals surface area contributed by atoms with Gasteiger partial charge in [-0.05, 0) is 12.8 Å². The summed E-state index contributed by atoms with van der Waals surface area (Å²) in [7, 11) is 1.44. The Balaban J connectivity index is 2.13. The molecule has 2 fully saturated rings. The molecule has 2 aliphatic heterocycles. The molecule has 0 aromatic heterocycles. The van der Waals surface area contributed by atoms with Crippen molar-refractivity contribution in [2.24, 2.45) is 5.92 Å². The van der Waals surface area contributed by atoms with Crippen LogP contribution >= 0.6 is 15.9 Å². The van der Waals surface area contributed by atoms with Gasteiger partial charge in [-0.15, -0.1) is 0 Å². The molecule has 0 aliphatic carbocycles. The summed E-state index contributed by atoms with van der Waals surface area (Å²) >= 11 is 3.36. The molecule has 2 saturated heterocycles. The van der Waals surface area contributed by atoms with E-state index in [9.17, 15) is 4.79 Å². The fourth-order valence-corrected chi connectivity index (χ4v) is 2.83. The summed E-state index contributed by atoms with van der Waals surface area (Å²) < 4.78 is 4.81. The Bertz CT molecular complexity index is 236. The standard InChI is InChI=1S/C9H14BrNO3/c1-13-9(12)8-6-3-2-4-11(6)14-7(8)5-10/h6-8H,2-5H2,1H3/t6-,7-,8+/m1/s1. The lowest BCUT2D eigenvalue weighted by molar-refractivity contribution is -0.150. The third-order valence-corrected chi connectivity index (χ3v) is 3.60. The molecule has 2 aliphatic rings. The summed E-state index contributed by atoms with van der Waals surface area (Å²) in [5.74, 6) is -0.272. The van der Waals surface area contributed by atoms with Gasteiger partial charge < -0.3 is 4.74 Å². The first kappa shape index (κ1) is 10.4. The summed E-state index contributed by atoms with van der Waals surface area (Å²) in [6, 6.07) is 0.227. The Labute approximate surface area is 91.6 Å². The topological polar surface area (TPSA) is 38.8 Å². The molecule has 4 nitrogen and oxygen atoms in total. The Hall–Kier alpha value is -0.130. The van der Waals surface area contributed by atoms with Crippen LogP contribution in [0.3, 0.4) is 0 Å². The van der Waals surface area contributed by atoms with Crippen LogP contribution in [0.1, 0.15) is 12.8 Å². The number of esters is 1. The van der Waals surface area contributed by atoms with Gasteiger partial charge in [0.2, 0.25) is 0 Å². The van der Waals surface area contributed by atoms with Crippen molar-refractivity contribution in [3.8, 4) is 0 Å². The van der Waals surface area contributed by atoms with Crippen molar-refractivity contribution in [2.45, 2.75) is 25.0 Å². The van der Waals surface area contributed by atoms with Crippen molar-refractivity contribution >= 4 is 21.9 Å². The molecule has 0 radical (unpaired) electrons. The highest BCUT2D eigenvalue weighted by atomic mass is 79.9. The fraction of sp³-hybridized carbons (Fsp3) is 0.889. The first-order valence-corrected chi connectivity index (χ1v) is 5.97. The van der Waals surface area contributed by atoms with Crippen LogP contribution in [0, 0.1) is 5.92 Å².